The molecule has 108 valence electrons. The van der Waals surface area contributed by atoms with Crippen LogP contribution in [0.3, 0.4) is 0 Å². The minimum atomic E-state index is -3.98. The number of nitro benzene ring substituents is 1. The highest BCUT2D eigenvalue weighted by atomic mass is 32.2. The van der Waals surface area contributed by atoms with E-state index in [1.807, 2.05) is 0 Å². The molecule has 7 nitrogen and oxygen atoms in total. The van der Waals surface area contributed by atoms with Crippen molar-refractivity contribution >= 4 is 21.5 Å². The predicted octanol–water partition coefficient (Wildman–Crippen LogP) is 1.45. The van der Waals surface area contributed by atoms with Gasteiger partial charge in [-0.05, 0) is 24.3 Å². The van der Waals surface area contributed by atoms with Crippen LogP contribution in [-0.4, -0.2) is 19.1 Å². The van der Waals surface area contributed by atoms with Gasteiger partial charge in [-0.1, -0.05) is 12.6 Å². The molecule has 1 N–H and O–H groups in total. The first kappa shape index (κ1) is 14.7. The quantitative estimate of drug-likeness (QED) is 0.515. The Labute approximate surface area is 120 Å². The SMILES string of the molecule is C=C1C=C(NS(=O)(=O)c2cccc([N+](=O)[O-])c2)C=CC1=O. The molecule has 1 aliphatic carbocycles. The highest BCUT2D eigenvalue weighted by Gasteiger charge is 2.19. The molecule has 1 aromatic carbocycles. The Morgan fingerprint density at radius 1 is 1.24 bits per heavy atom. The Balaban J connectivity index is 2.31. The van der Waals surface area contributed by atoms with Crippen LogP contribution in [0.25, 0.3) is 0 Å². The number of benzene rings is 1. The maximum atomic E-state index is 12.1. The van der Waals surface area contributed by atoms with Crippen molar-refractivity contribution in [2.45, 2.75) is 4.90 Å². The molecule has 0 bridgehead atoms. The average Bonchev–Trinajstić information content (AvgIpc) is 2.43. The van der Waals surface area contributed by atoms with E-state index >= 15 is 0 Å². The number of hydrogen-bond donors (Lipinski definition) is 1. The maximum absolute atomic E-state index is 12.1. The van der Waals surface area contributed by atoms with E-state index in [1.165, 1.54) is 36.4 Å². The third-order valence-corrected chi connectivity index (χ3v) is 4.03. The van der Waals surface area contributed by atoms with Gasteiger partial charge in [-0.25, -0.2) is 8.42 Å². The van der Waals surface area contributed by atoms with Crippen LogP contribution in [0.1, 0.15) is 0 Å². The van der Waals surface area contributed by atoms with Gasteiger partial charge in [0, 0.05) is 23.4 Å². The smallest absolute Gasteiger partial charge is 0.270 e. The van der Waals surface area contributed by atoms with Crippen molar-refractivity contribution in [1.29, 1.82) is 0 Å². The van der Waals surface area contributed by atoms with Crippen LogP contribution in [0.2, 0.25) is 0 Å². The fourth-order valence-corrected chi connectivity index (χ4v) is 2.71. The molecule has 2 rings (SSSR count). The van der Waals surface area contributed by atoms with Gasteiger partial charge in [0.05, 0.1) is 9.82 Å². The molecule has 1 aromatic rings. The van der Waals surface area contributed by atoms with Crippen molar-refractivity contribution in [3.63, 3.8) is 0 Å². The van der Waals surface area contributed by atoms with E-state index in [4.69, 9.17) is 0 Å². The molecule has 0 amide bonds. The van der Waals surface area contributed by atoms with Crippen molar-refractivity contribution in [3.8, 4) is 0 Å². The Hall–Kier alpha value is -2.74. The largest absolute Gasteiger partial charge is 0.289 e. The lowest BCUT2D eigenvalue weighted by Crippen LogP contribution is -2.24. The van der Waals surface area contributed by atoms with Crippen molar-refractivity contribution < 1.29 is 18.1 Å². The molecule has 21 heavy (non-hydrogen) atoms. The number of nitrogens with zero attached hydrogens (tertiary/aromatic N) is 1. The molecule has 0 atom stereocenters. The summed E-state index contributed by atoms with van der Waals surface area (Å²) in [5.74, 6) is -0.312. The molecule has 0 heterocycles. The summed E-state index contributed by atoms with van der Waals surface area (Å²) >= 11 is 0. The number of nitro groups is 1. The zero-order valence-corrected chi connectivity index (χ0v) is 11.5. The first-order chi connectivity index (χ1) is 9.79. The zero-order valence-electron chi connectivity index (χ0n) is 10.6. The van der Waals surface area contributed by atoms with Crippen molar-refractivity contribution in [2.75, 3.05) is 0 Å². The van der Waals surface area contributed by atoms with E-state index < -0.39 is 14.9 Å². The molecule has 0 spiro atoms. The predicted molar refractivity (Wildman–Crippen MR) is 74.8 cm³/mol. The highest BCUT2D eigenvalue weighted by Crippen LogP contribution is 2.19. The molecule has 0 fully saturated rings. The van der Waals surface area contributed by atoms with Crippen LogP contribution in [-0.2, 0) is 14.8 Å². The maximum Gasteiger partial charge on any atom is 0.270 e. The Morgan fingerprint density at radius 3 is 2.57 bits per heavy atom. The minimum absolute atomic E-state index is 0.147. The monoisotopic (exact) mass is 306 g/mol. The van der Waals surface area contributed by atoms with Gasteiger partial charge < -0.3 is 0 Å². The second kappa shape index (κ2) is 5.33. The third-order valence-electron chi connectivity index (χ3n) is 2.65. The second-order valence-corrected chi connectivity index (χ2v) is 5.86. The van der Waals surface area contributed by atoms with E-state index in [9.17, 15) is 23.3 Å². The van der Waals surface area contributed by atoms with E-state index in [1.54, 1.807) is 0 Å². The summed E-state index contributed by atoms with van der Waals surface area (Å²) in [6.07, 6.45) is 3.77. The summed E-state index contributed by atoms with van der Waals surface area (Å²) in [5, 5.41) is 10.7. The number of rotatable bonds is 4. The number of ketones is 1. The summed E-state index contributed by atoms with van der Waals surface area (Å²) in [6.45, 7) is 3.48. The van der Waals surface area contributed by atoms with Crippen LogP contribution >= 0.6 is 0 Å². The first-order valence-corrected chi connectivity index (χ1v) is 7.18. The van der Waals surface area contributed by atoms with E-state index in [0.717, 1.165) is 6.07 Å². The lowest BCUT2D eigenvalue weighted by Gasteiger charge is -2.11. The number of allylic oxidation sites excluding steroid dienone is 4. The molecule has 0 aliphatic heterocycles. The lowest BCUT2D eigenvalue weighted by atomic mass is 10.1. The van der Waals surface area contributed by atoms with Gasteiger partial charge in [-0.2, -0.15) is 0 Å². The Morgan fingerprint density at radius 2 is 1.95 bits per heavy atom. The number of carbonyl (C=O) groups is 1. The van der Waals surface area contributed by atoms with Gasteiger partial charge >= 0.3 is 0 Å². The number of hydrogen-bond acceptors (Lipinski definition) is 5. The van der Waals surface area contributed by atoms with Gasteiger partial charge in [0.25, 0.3) is 15.7 Å². The van der Waals surface area contributed by atoms with Crippen molar-refractivity contribution in [2.24, 2.45) is 0 Å². The highest BCUT2D eigenvalue weighted by molar-refractivity contribution is 7.89. The minimum Gasteiger partial charge on any atom is -0.289 e. The molecule has 0 saturated carbocycles. The Kier molecular flexibility index (Phi) is 3.72. The summed E-state index contributed by atoms with van der Waals surface area (Å²) in [5.41, 5.74) is -0.0222. The topological polar surface area (TPSA) is 106 Å². The van der Waals surface area contributed by atoms with Crippen LogP contribution in [0.5, 0.6) is 0 Å². The fraction of sp³-hybridized carbons (Fsp3) is 0. The molecule has 0 radical (unpaired) electrons. The molecular formula is C13H10N2O5S. The standard InChI is InChI=1S/C13H10N2O5S/c1-9-7-10(5-6-13(9)16)14-21(19,20)12-4-2-3-11(8-12)15(17)18/h2-8,14H,1H2. The second-order valence-electron chi connectivity index (χ2n) is 4.18. The van der Waals surface area contributed by atoms with Crippen LogP contribution in [0, 0.1) is 10.1 Å². The van der Waals surface area contributed by atoms with Crippen molar-refractivity contribution in [3.05, 3.63) is 70.5 Å². The van der Waals surface area contributed by atoms with Gasteiger partial charge in [-0.3, -0.25) is 19.6 Å². The van der Waals surface area contributed by atoms with Gasteiger partial charge in [0.2, 0.25) is 0 Å². The zero-order chi connectivity index (χ0) is 15.6. The summed E-state index contributed by atoms with van der Waals surface area (Å²) < 4.78 is 26.5. The number of sulfonamides is 1. The van der Waals surface area contributed by atoms with Gasteiger partial charge in [-0.15, -0.1) is 0 Å². The molecule has 1 aliphatic rings. The Bertz CT molecular complexity index is 806. The number of nitrogens with one attached hydrogen (secondary N) is 1. The summed E-state index contributed by atoms with van der Waals surface area (Å²) in [4.78, 5) is 21.0. The van der Waals surface area contributed by atoms with E-state index in [0.29, 0.717) is 0 Å². The van der Waals surface area contributed by atoms with Crippen molar-refractivity contribution in [1.82, 2.24) is 4.72 Å². The first-order valence-electron chi connectivity index (χ1n) is 5.70. The molecule has 0 aromatic heterocycles. The molecule has 0 saturated heterocycles. The fourth-order valence-electron chi connectivity index (χ4n) is 1.62. The molecule has 8 heteroatoms. The summed E-state index contributed by atoms with van der Waals surface area (Å²) in [6, 6.07) is 4.66. The van der Waals surface area contributed by atoms with Crippen LogP contribution in [0.4, 0.5) is 5.69 Å². The van der Waals surface area contributed by atoms with Crippen LogP contribution < -0.4 is 4.72 Å². The normalized spacial score (nSPS) is 14.8. The molecule has 0 unspecified atom stereocenters. The lowest BCUT2D eigenvalue weighted by molar-refractivity contribution is -0.385. The molecular weight excluding hydrogens is 296 g/mol. The van der Waals surface area contributed by atoms with Gasteiger partial charge in [0.1, 0.15) is 0 Å². The number of non-ortho nitro benzene ring substituents is 1. The third kappa shape index (κ3) is 3.23. The average molecular weight is 306 g/mol. The van der Waals surface area contributed by atoms with Gasteiger partial charge in [0.15, 0.2) is 5.78 Å². The van der Waals surface area contributed by atoms with Crippen LogP contribution in [0.15, 0.2) is 65.2 Å². The number of carbonyl (C=O) groups excluding carboxylic acids is 1. The van der Waals surface area contributed by atoms with E-state index in [-0.39, 0.29) is 27.6 Å². The summed E-state index contributed by atoms with van der Waals surface area (Å²) in [7, 11) is -3.98. The van der Waals surface area contributed by atoms with E-state index in [2.05, 4.69) is 11.3 Å².